The van der Waals surface area contributed by atoms with E-state index in [0.29, 0.717) is 22.2 Å². The van der Waals surface area contributed by atoms with Crippen molar-refractivity contribution in [2.24, 2.45) is 5.73 Å². The van der Waals surface area contributed by atoms with Crippen LogP contribution < -0.4 is 11.5 Å². The zero-order valence-electron chi connectivity index (χ0n) is 13.0. The Morgan fingerprint density at radius 3 is 2.62 bits per heavy atom. The highest BCUT2D eigenvalue weighted by atomic mass is 19.3. The Kier molecular flexibility index (Phi) is 3.71. The average molecular weight is 330 g/mol. The number of imidazole rings is 1. The number of nitrogens with zero attached hydrogens (tertiary/aromatic N) is 2. The molecule has 0 fully saturated rings. The van der Waals surface area contributed by atoms with Gasteiger partial charge in [0.1, 0.15) is 0 Å². The SMILES string of the molecule is CC(F)(F)c1ccccc1Cn1c(N)nc2cc(C(N)=O)ccc21. The van der Waals surface area contributed by atoms with Crippen LogP contribution >= 0.6 is 0 Å². The number of carbonyl (C=O) groups excluding carboxylic acids is 1. The monoisotopic (exact) mass is 330 g/mol. The van der Waals surface area contributed by atoms with Gasteiger partial charge in [-0.05, 0) is 23.8 Å². The Balaban J connectivity index is 2.09. The van der Waals surface area contributed by atoms with Gasteiger partial charge in [0.2, 0.25) is 11.9 Å². The maximum Gasteiger partial charge on any atom is 0.270 e. The number of nitrogen functional groups attached to an aromatic ring is 1. The molecule has 0 saturated carbocycles. The van der Waals surface area contributed by atoms with Crippen molar-refractivity contribution >= 4 is 22.9 Å². The number of primary amides is 1. The first kappa shape index (κ1) is 15.9. The minimum Gasteiger partial charge on any atom is -0.369 e. The molecule has 0 aliphatic rings. The van der Waals surface area contributed by atoms with Crippen LogP contribution in [-0.2, 0) is 12.5 Å². The fraction of sp³-hybridized carbons (Fsp3) is 0.176. The molecule has 0 aliphatic carbocycles. The molecule has 0 saturated heterocycles. The first-order valence-electron chi connectivity index (χ1n) is 7.29. The summed E-state index contributed by atoms with van der Waals surface area (Å²) in [4.78, 5) is 15.4. The minimum absolute atomic E-state index is 0.0555. The average Bonchev–Trinajstić information content (AvgIpc) is 2.82. The molecule has 1 heterocycles. The molecular weight excluding hydrogens is 314 g/mol. The van der Waals surface area contributed by atoms with Crippen molar-refractivity contribution in [2.45, 2.75) is 19.4 Å². The summed E-state index contributed by atoms with van der Waals surface area (Å²) in [6, 6.07) is 11.1. The topological polar surface area (TPSA) is 86.9 Å². The van der Waals surface area contributed by atoms with E-state index in [0.717, 1.165) is 6.92 Å². The Hall–Kier alpha value is -2.96. The highest BCUT2D eigenvalue weighted by molar-refractivity contribution is 5.96. The van der Waals surface area contributed by atoms with Crippen LogP contribution in [-0.4, -0.2) is 15.5 Å². The highest BCUT2D eigenvalue weighted by Gasteiger charge is 2.27. The summed E-state index contributed by atoms with van der Waals surface area (Å²) in [7, 11) is 0. The van der Waals surface area contributed by atoms with E-state index in [2.05, 4.69) is 4.98 Å². The summed E-state index contributed by atoms with van der Waals surface area (Å²) in [6.07, 6.45) is 0. The standard InChI is InChI=1S/C17H16F2N4O/c1-17(18,19)12-5-3-2-4-11(12)9-23-14-7-6-10(15(20)24)8-13(14)22-16(23)21/h2-8H,9H2,1H3,(H2,20,24)(H2,21,22). The molecule has 0 bridgehead atoms. The van der Waals surface area contributed by atoms with Gasteiger partial charge >= 0.3 is 0 Å². The van der Waals surface area contributed by atoms with Gasteiger partial charge in [0.05, 0.1) is 17.6 Å². The Morgan fingerprint density at radius 1 is 1.25 bits per heavy atom. The summed E-state index contributed by atoms with van der Waals surface area (Å²) in [6.45, 7) is 1.01. The van der Waals surface area contributed by atoms with Crippen molar-refractivity contribution in [1.82, 2.24) is 9.55 Å². The summed E-state index contributed by atoms with van der Waals surface area (Å²) >= 11 is 0. The fourth-order valence-corrected chi connectivity index (χ4v) is 2.72. The van der Waals surface area contributed by atoms with Crippen LogP contribution in [0.2, 0.25) is 0 Å². The molecule has 2 aromatic carbocycles. The number of carbonyl (C=O) groups is 1. The second-order valence-corrected chi connectivity index (χ2v) is 5.67. The third-order valence-electron chi connectivity index (χ3n) is 3.88. The maximum atomic E-state index is 13.8. The molecule has 0 aliphatic heterocycles. The van der Waals surface area contributed by atoms with E-state index in [1.807, 2.05) is 0 Å². The molecule has 7 heteroatoms. The van der Waals surface area contributed by atoms with Gasteiger partial charge in [0, 0.05) is 18.1 Å². The predicted molar refractivity (Wildman–Crippen MR) is 87.8 cm³/mol. The lowest BCUT2D eigenvalue weighted by Gasteiger charge is -2.16. The summed E-state index contributed by atoms with van der Waals surface area (Å²) in [5.74, 6) is -3.34. The van der Waals surface area contributed by atoms with Crippen molar-refractivity contribution in [1.29, 1.82) is 0 Å². The lowest BCUT2D eigenvalue weighted by Crippen LogP contribution is -2.14. The van der Waals surface area contributed by atoms with Crippen molar-refractivity contribution in [3.05, 3.63) is 59.2 Å². The second kappa shape index (κ2) is 5.59. The van der Waals surface area contributed by atoms with E-state index in [9.17, 15) is 13.6 Å². The van der Waals surface area contributed by atoms with Crippen LogP contribution in [0.4, 0.5) is 14.7 Å². The third kappa shape index (κ3) is 2.80. The number of nitrogens with two attached hydrogens (primary N) is 2. The molecule has 4 N–H and O–H groups in total. The summed E-state index contributed by atoms with van der Waals surface area (Å²) in [5.41, 5.74) is 13.0. The smallest absolute Gasteiger partial charge is 0.270 e. The number of anilines is 1. The molecule has 0 unspecified atom stereocenters. The van der Waals surface area contributed by atoms with Gasteiger partial charge in [-0.3, -0.25) is 4.79 Å². The number of alkyl halides is 2. The number of fused-ring (bicyclic) bond motifs is 1. The molecule has 0 atom stereocenters. The minimum atomic E-state index is -2.96. The van der Waals surface area contributed by atoms with Gasteiger partial charge in [0.25, 0.3) is 5.92 Å². The van der Waals surface area contributed by atoms with Gasteiger partial charge in [-0.1, -0.05) is 24.3 Å². The number of hydrogen-bond donors (Lipinski definition) is 2. The molecule has 0 spiro atoms. The van der Waals surface area contributed by atoms with E-state index in [1.165, 1.54) is 12.1 Å². The van der Waals surface area contributed by atoms with Gasteiger partial charge in [-0.25, -0.2) is 13.8 Å². The van der Waals surface area contributed by atoms with Crippen LogP contribution in [0.3, 0.4) is 0 Å². The Labute approximate surface area is 136 Å². The zero-order valence-corrected chi connectivity index (χ0v) is 13.0. The molecular formula is C17H16F2N4O. The number of amides is 1. The molecule has 3 rings (SSSR count). The number of aromatic nitrogens is 2. The second-order valence-electron chi connectivity index (χ2n) is 5.67. The van der Waals surface area contributed by atoms with E-state index in [-0.39, 0.29) is 18.1 Å². The van der Waals surface area contributed by atoms with Gasteiger partial charge in [0.15, 0.2) is 0 Å². The van der Waals surface area contributed by atoms with Crippen LogP contribution in [0.5, 0.6) is 0 Å². The van der Waals surface area contributed by atoms with E-state index >= 15 is 0 Å². The van der Waals surface area contributed by atoms with Crippen molar-refractivity contribution in [3.63, 3.8) is 0 Å². The number of rotatable bonds is 4. The van der Waals surface area contributed by atoms with E-state index < -0.39 is 11.8 Å². The Morgan fingerprint density at radius 2 is 1.96 bits per heavy atom. The molecule has 1 aromatic heterocycles. The third-order valence-corrected chi connectivity index (χ3v) is 3.88. The Bertz CT molecular complexity index is 928. The zero-order chi connectivity index (χ0) is 17.5. The lowest BCUT2D eigenvalue weighted by molar-refractivity contribution is 0.0165. The molecule has 1 amide bonds. The van der Waals surface area contributed by atoms with Crippen LogP contribution in [0.1, 0.15) is 28.4 Å². The number of hydrogen-bond acceptors (Lipinski definition) is 3. The van der Waals surface area contributed by atoms with Crippen LogP contribution in [0, 0.1) is 0 Å². The quantitative estimate of drug-likeness (QED) is 0.771. The van der Waals surface area contributed by atoms with Crippen molar-refractivity contribution in [2.75, 3.05) is 5.73 Å². The van der Waals surface area contributed by atoms with Crippen LogP contribution in [0.25, 0.3) is 11.0 Å². The van der Waals surface area contributed by atoms with E-state index in [1.54, 1.807) is 34.9 Å². The molecule has 124 valence electrons. The number of benzene rings is 2. The lowest BCUT2D eigenvalue weighted by atomic mass is 10.0. The molecule has 5 nitrogen and oxygen atoms in total. The summed E-state index contributed by atoms with van der Waals surface area (Å²) in [5, 5.41) is 0. The van der Waals surface area contributed by atoms with Gasteiger partial charge in [-0.15, -0.1) is 0 Å². The number of halogens is 2. The predicted octanol–water partition coefficient (Wildman–Crippen LogP) is 2.88. The summed E-state index contributed by atoms with van der Waals surface area (Å²) < 4.78 is 29.2. The van der Waals surface area contributed by atoms with Gasteiger partial charge in [-0.2, -0.15) is 0 Å². The van der Waals surface area contributed by atoms with E-state index in [4.69, 9.17) is 11.5 Å². The normalized spacial score (nSPS) is 11.8. The first-order chi connectivity index (χ1) is 11.3. The fourth-order valence-electron chi connectivity index (χ4n) is 2.72. The van der Waals surface area contributed by atoms with Crippen molar-refractivity contribution < 1.29 is 13.6 Å². The molecule has 3 aromatic rings. The molecule has 0 radical (unpaired) electrons. The highest BCUT2D eigenvalue weighted by Crippen LogP contribution is 2.31. The van der Waals surface area contributed by atoms with Crippen molar-refractivity contribution in [3.8, 4) is 0 Å². The molecule has 24 heavy (non-hydrogen) atoms. The maximum absolute atomic E-state index is 13.8. The first-order valence-corrected chi connectivity index (χ1v) is 7.29. The largest absolute Gasteiger partial charge is 0.369 e. The van der Waals surface area contributed by atoms with Gasteiger partial charge < -0.3 is 16.0 Å². The van der Waals surface area contributed by atoms with Crippen LogP contribution in [0.15, 0.2) is 42.5 Å².